The van der Waals surface area contributed by atoms with Crippen LogP contribution < -0.4 is 5.32 Å². The molecule has 0 aliphatic carbocycles. The molecular weight excluding hydrogens is 286 g/mol. The molecule has 1 aromatic rings. The molecule has 0 atom stereocenters. The number of nitrogens with one attached hydrogen (secondary N) is 1. The summed E-state index contributed by atoms with van der Waals surface area (Å²) < 4.78 is 5.73. The maximum absolute atomic E-state index is 11.7. The van der Waals surface area contributed by atoms with Crippen molar-refractivity contribution in [2.24, 2.45) is 0 Å². The monoisotopic (exact) mass is 301 g/mol. The van der Waals surface area contributed by atoms with Gasteiger partial charge in [-0.2, -0.15) is 0 Å². The van der Waals surface area contributed by atoms with E-state index < -0.39 is 0 Å². The summed E-state index contributed by atoms with van der Waals surface area (Å²) in [5, 5.41) is 12.2. The molecule has 0 saturated heterocycles. The molecule has 94 valence electrons. The number of rotatable bonds is 6. The Morgan fingerprint density at radius 1 is 1.53 bits per heavy atom. The first-order valence-electron chi connectivity index (χ1n) is 5.49. The smallest absolute Gasteiger partial charge is 0.251 e. The molecule has 1 aromatic carbocycles. The van der Waals surface area contributed by atoms with Gasteiger partial charge in [-0.05, 0) is 47.5 Å². The van der Waals surface area contributed by atoms with Gasteiger partial charge in [0.15, 0.2) is 0 Å². The van der Waals surface area contributed by atoms with Crippen molar-refractivity contribution < 1.29 is 14.6 Å². The fourth-order valence-corrected chi connectivity index (χ4v) is 1.52. The minimum absolute atomic E-state index is 0.0620. The molecule has 0 aliphatic rings. The number of phenolic OH excluding ortho intramolecular Hbond substituents is 1. The fraction of sp³-hybridized carbons (Fsp3) is 0.417. The number of hydrogen-bond donors (Lipinski definition) is 2. The molecule has 4 nitrogen and oxygen atoms in total. The minimum atomic E-state index is -0.190. The average molecular weight is 302 g/mol. The first-order chi connectivity index (χ1) is 8.15. The van der Waals surface area contributed by atoms with Crippen LogP contribution in [0.5, 0.6) is 5.75 Å². The Kier molecular flexibility index (Phi) is 6.00. The van der Waals surface area contributed by atoms with Gasteiger partial charge in [0.05, 0.1) is 4.47 Å². The molecule has 0 aromatic heterocycles. The second kappa shape index (κ2) is 7.29. The highest BCUT2D eigenvalue weighted by molar-refractivity contribution is 9.10. The first kappa shape index (κ1) is 14.0. The van der Waals surface area contributed by atoms with Gasteiger partial charge < -0.3 is 15.2 Å². The van der Waals surface area contributed by atoms with Crippen molar-refractivity contribution in [2.45, 2.75) is 13.3 Å². The Morgan fingerprint density at radius 3 is 2.94 bits per heavy atom. The number of aromatic hydroxyl groups is 1. The number of amides is 1. The molecule has 0 aliphatic heterocycles. The van der Waals surface area contributed by atoms with E-state index in [4.69, 9.17) is 4.74 Å². The summed E-state index contributed by atoms with van der Waals surface area (Å²) in [6, 6.07) is 4.73. The quantitative estimate of drug-likeness (QED) is 0.793. The minimum Gasteiger partial charge on any atom is -0.507 e. The zero-order chi connectivity index (χ0) is 12.7. The van der Waals surface area contributed by atoms with E-state index >= 15 is 0 Å². The fourth-order valence-electron chi connectivity index (χ4n) is 1.28. The van der Waals surface area contributed by atoms with Gasteiger partial charge in [-0.3, -0.25) is 4.79 Å². The molecule has 0 heterocycles. The van der Waals surface area contributed by atoms with Crippen LogP contribution in [0.2, 0.25) is 0 Å². The SMILES string of the molecule is CCOCCCNC(=O)c1ccc(Br)c(O)c1. The van der Waals surface area contributed by atoms with Gasteiger partial charge in [-0.25, -0.2) is 0 Å². The summed E-state index contributed by atoms with van der Waals surface area (Å²) >= 11 is 3.16. The highest BCUT2D eigenvalue weighted by Crippen LogP contribution is 2.24. The van der Waals surface area contributed by atoms with E-state index in [1.54, 1.807) is 12.1 Å². The lowest BCUT2D eigenvalue weighted by Crippen LogP contribution is -2.25. The van der Waals surface area contributed by atoms with Crippen LogP contribution in [-0.4, -0.2) is 30.8 Å². The summed E-state index contributed by atoms with van der Waals surface area (Å²) in [6.07, 6.45) is 0.780. The Balaban J connectivity index is 2.39. The molecule has 1 amide bonds. The Labute approximate surface area is 109 Å². The molecule has 0 unspecified atom stereocenters. The van der Waals surface area contributed by atoms with Crippen LogP contribution in [0.1, 0.15) is 23.7 Å². The molecular formula is C12H16BrNO3. The number of carbonyl (C=O) groups excluding carboxylic acids is 1. The predicted molar refractivity (Wildman–Crippen MR) is 69.3 cm³/mol. The largest absolute Gasteiger partial charge is 0.507 e. The van der Waals surface area contributed by atoms with Crippen molar-refractivity contribution in [1.82, 2.24) is 5.32 Å². The van der Waals surface area contributed by atoms with Crippen LogP contribution in [0, 0.1) is 0 Å². The van der Waals surface area contributed by atoms with E-state index in [9.17, 15) is 9.90 Å². The van der Waals surface area contributed by atoms with Gasteiger partial charge in [-0.15, -0.1) is 0 Å². The molecule has 0 spiro atoms. The molecule has 0 saturated carbocycles. The number of halogens is 1. The lowest BCUT2D eigenvalue weighted by atomic mass is 10.2. The summed E-state index contributed by atoms with van der Waals surface area (Å²) in [4.78, 5) is 11.7. The third-order valence-electron chi connectivity index (χ3n) is 2.16. The molecule has 0 fully saturated rings. The predicted octanol–water partition coefficient (Wildman–Crippen LogP) is 2.31. The Morgan fingerprint density at radius 2 is 2.29 bits per heavy atom. The van der Waals surface area contributed by atoms with Gasteiger partial charge in [-0.1, -0.05) is 0 Å². The Bertz CT molecular complexity index is 382. The maximum atomic E-state index is 11.7. The van der Waals surface area contributed by atoms with Gasteiger partial charge in [0.25, 0.3) is 5.91 Å². The lowest BCUT2D eigenvalue weighted by Gasteiger charge is -2.06. The van der Waals surface area contributed by atoms with Gasteiger partial charge >= 0.3 is 0 Å². The van der Waals surface area contributed by atoms with Crippen LogP contribution >= 0.6 is 15.9 Å². The van der Waals surface area contributed by atoms with Crippen molar-refractivity contribution in [1.29, 1.82) is 0 Å². The average Bonchev–Trinajstić information content (AvgIpc) is 2.32. The number of hydrogen-bond acceptors (Lipinski definition) is 3. The molecule has 5 heteroatoms. The third kappa shape index (κ3) is 4.75. The van der Waals surface area contributed by atoms with Crippen molar-refractivity contribution in [3.8, 4) is 5.75 Å². The van der Waals surface area contributed by atoms with E-state index in [-0.39, 0.29) is 11.7 Å². The topological polar surface area (TPSA) is 58.6 Å². The van der Waals surface area contributed by atoms with Crippen molar-refractivity contribution in [3.63, 3.8) is 0 Å². The summed E-state index contributed by atoms with van der Waals surface area (Å²) in [5.74, 6) is -0.128. The molecule has 17 heavy (non-hydrogen) atoms. The highest BCUT2D eigenvalue weighted by Gasteiger charge is 2.07. The van der Waals surface area contributed by atoms with E-state index in [0.29, 0.717) is 29.8 Å². The Hall–Kier alpha value is -1.07. The first-order valence-corrected chi connectivity index (χ1v) is 6.29. The second-order valence-electron chi connectivity index (χ2n) is 3.47. The van der Waals surface area contributed by atoms with Crippen molar-refractivity contribution in [3.05, 3.63) is 28.2 Å². The van der Waals surface area contributed by atoms with Crippen LogP contribution in [-0.2, 0) is 4.74 Å². The lowest BCUT2D eigenvalue weighted by molar-refractivity contribution is 0.0944. The number of benzene rings is 1. The van der Waals surface area contributed by atoms with Crippen molar-refractivity contribution in [2.75, 3.05) is 19.8 Å². The second-order valence-corrected chi connectivity index (χ2v) is 4.33. The van der Waals surface area contributed by atoms with Crippen LogP contribution in [0.25, 0.3) is 0 Å². The number of phenols is 1. The molecule has 0 bridgehead atoms. The number of carbonyl (C=O) groups is 1. The summed E-state index contributed by atoms with van der Waals surface area (Å²) in [5.41, 5.74) is 0.446. The van der Waals surface area contributed by atoms with Crippen LogP contribution in [0.4, 0.5) is 0 Å². The maximum Gasteiger partial charge on any atom is 0.251 e. The highest BCUT2D eigenvalue weighted by atomic mass is 79.9. The van der Waals surface area contributed by atoms with Gasteiger partial charge in [0.2, 0.25) is 0 Å². The van der Waals surface area contributed by atoms with Crippen LogP contribution in [0.3, 0.4) is 0 Å². The third-order valence-corrected chi connectivity index (χ3v) is 2.83. The molecule has 1 rings (SSSR count). The van der Waals surface area contributed by atoms with E-state index in [2.05, 4.69) is 21.2 Å². The standard InChI is InChI=1S/C12H16BrNO3/c1-2-17-7-3-6-14-12(16)9-4-5-10(13)11(15)8-9/h4-5,8,15H,2-3,6-7H2,1H3,(H,14,16). The van der Waals surface area contributed by atoms with Crippen molar-refractivity contribution >= 4 is 21.8 Å². The van der Waals surface area contributed by atoms with Gasteiger partial charge in [0, 0.05) is 25.3 Å². The van der Waals surface area contributed by atoms with Crippen LogP contribution in [0.15, 0.2) is 22.7 Å². The number of ether oxygens (including phenoxy) is 1. The van der Waals surface area contributed by atoms with Gasteiger partial charge in [0.1, 0.15) is 5.75 Å². The molecule has 2 N–H and O–H groups in total. The normalized spacial score (nSPS) is 10.2. The summed E-state index contributed by atoms with van der Waals surface area (Å²) in [6.45, 7) is 3.83. The van der Waals surface area contributed by atoms with E-state index in [1.165, 1.54) is 6.07 Å². The van der Waals surface area contributed by atoms with E-state index in [0.717, 1.165) is 6.42 Å². The zero-order valence-electron chi connectivity index (χ0n) is 9.70. The summed E-state index contributed by atoms with van der Waals surface area (Å²) in [7, 11) is 0. The zero-order valence-corrected chi connectivity index (χ0v) is 11.3. The molecule has 0 radical (unpaired) electrons. The van der Waals surface area contributed by atoms with E-state index in [1.807, 2.05) is 6.92 Å².